The molecule has 0 fully saturated rings. The lowest BCUT2D eigenvalue weighted by molar-refractivity contribution is 0.540. The zero-order chi connectivity index (χ0) is 15.2. The maximum Gasteiger partial charge on any atom is 0.240 e. The van der Waals surface area contributed by atoms with Crippen LogP contribution in [0.15, 0.2) is 29.2 Å². The molecule has 0 amide bonds. The summed E-state index contributed by atoms with van der Waals surface area (Å²) in [5.41, 5.74) is 6.37. The molecule has 0 radical (unpaired) electrons. The predicted octanol–water partition coefficient (Wildman–Crippen LogP) is 2.23. The number of hydrogen-bond acceptors (Lipinski definition) is 3. The standard InChI is InChI=1S/C14H22N2O2S2/c1-11(2)4-3-9-16-20(17,18)13-7-5-12(6-8-13)10-14(15)19/h5-8,11,16H,3-4,9-10H2,1-2H3,(H2,15,19). The quantitative estimate of drug-likeness (QED) is 0.570. The van der Waals surface area contributed by atoms with E-state index in [4.69, 9.17) is 18.0 Å². The van der Waals surface area contributed by atoms with Crippen LogP contribution in [0.25, 0.3) is 0 Å². The fourth-order valence-corrected chi connectivity index (χ4v) is 3.03. The van der Waals surface area contributed by atoms with Crippen molar-refractivity contribution < 1.29 is 8.42 Å². The maximum atomic E-state index is 12.0. The third-order valence-corrected chi connectivity index (χ3v) is 4.48. The van der Waals surface area contributed by atoms with Gasteiger partial charge in [-0.1, -0.05) is 38.2 Å². The van der Waals surface area contributed by atoms with E-state index in [0.29, 0.717) is 23.9 Å². The van der Waals surface area contributed by atoms with Crippen molar-refractivity contribution in [1.82, 2.24) is 4.72 Å². The highest BCUT2D eigenvalue weighted by Gasteiger charge is 2.13. The fraction of sp³-hybridized carbons (Fsp3) is 0.500. The summed E-state index contributed by atoms with van der Waals surface area (Å²) in [5, 5.41) is 0. The molecule has 1 aromatic carbocycles. The van der Waals surface area contributed by atoms with Crippen molar-refractivity contribution in [1.29, 1.82) is 0 Å². The first-order chi connectivity index (χ1) is 9.31. The predicted molar refractivity (Wildman–Crippen MR) is 86.2 cm³/mol. The largest absolute Gasteiger partial charge is 0.393 e. The van der Waals surface area contributed by atoms with Crippen molar-refractivity contribution in [3.8, 4) is 0 Å². The first-order valence-electron chi connectivity index (χ1n) is 6.68. The Bertz CT molecular complexity index is 537. The summed E-state index contributed by atoms with van der Waals surface area (Å²) in [4.78, 5) is 0.668. The average molecular weight is 314 g/mol. The molecule has 0 bridgehead atoms. The molecule has 0 unspecified atom stereocenters. The summed E-state index contributed by atoms with van der Waals surface area (Å²) in [6.45, 7) is 4.71. The van der Waals surface area contributed by atoms with Crippen LogP contribution in [0.2, 0.25) is 0 Å². The maximum absolute atomic E-state index is 12.0. The lowest BCUT2D eigenvalue weighted by Gasteiger charge is -2.08. The molecule has 0 aromatic heterocycles. The Hall–Kier alpha value is -0.980. The van der Waals surface area contributed by atoms with Gasteiger partial charge in [0.15, 0.2) is 0 Å². The van der Waals surface area contributed by atoms with Crippen molar-refractivity contribution in [2.75, 3.05) is 6.54 Å². The topological polar surface area (TPSA) is 72.2 Å². The zero-order valence-corrected chi connectivity index (χ0v) is 13.6. The number of sulfonamides is 1. The van der Waals surface area contributed by atoms with Gasteiger partial charge in [-0.15, -0.1) is 0 Å². The minimum Gasteiger partial charge on any atom is -0.393 e. The van der Waals surface area contributed by atoms with Gasteiger partial charge < -0.3 is 5.73 Å². The highest BCUT2D eigenvalue weighted by molar-refractivity contribution is 7.89. The van der Waals surface area contributed by atoms with Crippen LogP contribution >= 0.6 is 12.2 Å². The Balaban J connectivity index is 2.61. The summed E-state index contributed by atoms with van der Waals surface area (Å²) in [7, 11) is -3.42. The summed E-state index contributed by atoms with van der Waals surface area (Å²) in [5.74, 6) is 0.582. The van der Waals surface area contributed by atoms with Crippen molar-refractivity contribution in [3.05, 3.63) is 29.8 Å². The molecule has 3 N–H and O–H groups in total. The second kappa shape index (κ2) is 7.71. The molecular formula is C14H22N2O2S2. The third-order valence-electron chi connectivity index (χ3n) is 2.86. The Labute approximate surface area is 126 Å². The van der Waals surface area contributed by atoms with Crippen LogP contribution in [0.1, 0.15) is 32.3 Å². The molecule has 6 heteroatoms. The Kier molecular flexibility index (Phi) is 6.58. The minimum atomic E-state index is -3.42. The van der Waals surface area contributed by atoms with Gasteiger partial charge in [0.25, 0.3) is 0 Å². The lowest BCUT2D eigenvalue weighted by Crippen LogP contribution is -2.25. The molecule has 0 spiro atoms. The second-order valence-corrected chi connectivity index (χ2v) is 7.51. The normalized spacial score (nSPS) is 11.8. The van der Waals surface area contributed by atoms with Crippen LogP contribution < -0.4 is 10.5 Å². The SMILES string of the molecule is CC(C)CCCNS(=O)(=O)c1ccc(CC(N)=S)cc1. The lowest BCUT2D eigenvalue weighted by atomic mass is 10.1. The van der Waals surface area contributed by atoms with Gasteiger partial charge in [-0.25, -0.2) is 13.1 Å². The van der Waals surface area contributed by atoms with Crippen LogP contribution in [0.4, 0.5) is 0 Å². The summed E-state index contributed by atoms with van der Waals surface area (Å²) >= 11 is 4.82. The van der Waals surface area contributed by atoms with E-state index in [1.165, 1.54) is 0 Å². The van der Waals surface area contributed by atoms with Gasteiger partial charge in [0.2, 0.25) is 10.0 Å². The highest BCUT2D eigenvalue weighted by atomic mass is 32.2. The van der Waals surface area contributed by atoms with Gasteiger partial charge in [-0.3, -0.25) is 0 Å². The van der Waals surface area contributed by atoms with E-state index in [0.717, 1.165) is 18.4 Å². The van der Waals surface area contributed by atoms with Crippen molar-refractivity contribution in [2.45, 2.75) is 38.0 Å². The van der Waals surface area contributed by atoms with Gasteiger partial charge in [-0.05, 0) is 36.5 Å². The smallest absolute Gasteiger partial charge is 0.240 e. The van der Waals surface area contributed by atoms with E-state index < -0.39 is 10.0 Å². The molecule has 0 saturated carbocycles. The Morgan fingerprint density at radius 3 is 2.40 bits per heavy atom. The molecule has 1 aromatic rings. The monoisotopic (exact) mass is 314 g/mol. The zero-order valence-electron chi connectivity index (χ0n) is 11.9. The van der Waals surface area contributed by atoms with Crippen molar-refractivity contribution in [3.63, 3.8) is 0 Å². The van der Waals surface area contributed by atoms with Crippen LogP contribution in [-0.4, -0.2) is 20.0 Å². The van der Waals surface area contributed by atoms with E-state index in [1.807, 2.05) is 0 Å². The van der Waals surface area contributed by atoms with Crippen LogP contribution in [0.3, 0.4) is 0 Å². The number of rotatable bonds is 8. The summed E-state index contributed by atoms with van der Waals surface area (Å²) in [6, 6.07) is 6.64. The second-order valence-electron chi connectivity index (χ2n) is 5.22. The Morgan fingerprint density at radius 2 is 1.90 bits per heavy atom. The Morgan fingerprint density at radius 1 is 1.30 bits per heavy atom. The van der Waals surface area contributed by atoms with Gasteiger partial charge >= 0.3 is 0 Å². The number of nitrogens with two attached hydrogens (primary N) is 1. The van der Waals surface area contributed by atoms with Gasteiger partial charge in [0.05, 0.1) is 9.88 Å². The summed E-state index contributed by atoms with van der Waals surface area (Å²) in [6.07, 6.45) is 2.34. The van der Waals surface area contributed by atoms with E-state index in [9.17, 15) is 8.42 Å². The highest BCUT2D eigenvalue weighted by Crippen LogP contribution is 2.11. The number of hydrogen-bond donors (Lipinski definition) is 2. The summed E-state index contributed by atoms with van der Waals surface area (Å²) < 4.78 is 26.7. The van der Waals surface area contributed by atoms with Crippen LogP contribution in [-0.2, 0) is 16.4 Å². The van der Waals surface area contributed by atoms with Gasteiger partial charge in [0.1, 0.15) is 0 Å². The number of benzene rings is 1. The molecule has 1 rings (SSSR count). The van der Waals surface area contributed by atoms with E-state index in [1.54, 1.807) is 24.3 Å². The molecule has 0 atom stereocenters. The molecule has 0 saturated heterocycles. The molecular weight excluding hydrogens is 292 g/mol. The van der Waals surface area contributed by atoms with Gasteiger partial charge in [0, 0.05) is 13.0 Å². The van der Waals surface area contributed by atoms with Crippen LogP contribution in [0.5, 0.6) is 0 Å². The number of nitrogens with one attached hydrogen (secondary N) is 1. The van der Waals surface area contributed by atoms with Crippen LogP contribution in [0, 0.1) is 5.92 Å². The number of thiocarbonyl (C=S) groups is 1. The van der Waals surface area contributed by atoms with E-state index >= 15 is 0 Å². The molecule has 0 heterocycles. The van der Waals surface area contributed by atoms with Crippen molar-refractivity contribution in [2.24, 2.45) is 11.7 Å². The third kappa shape index (κ3) is 5.98. The molecule has 20 heavy (non-hydrogen) atoms. The fourth-order valence-electron chi connectivity index (χ4n) is 1.79. The molecule has 4 nitrogen and oxygen atoms in total. The average Bonchev–Trinajstić information content (AvgIpc) is 2.34. The minimum absolute atomic E-state index is 0.272. The van der Waals surface area contributed by atoms with Crippen molar-refractivity contribution >= 4 is 27.2 Å². The molecule has 0 aliphatic carbocycles. The first-order valence-corrected chi connectivity index (χ1v) is 8.57. The molecule has 0 aliphatic rings. The molecule has 0 aliphatic heterocycles. The molecule has 112 valence electrons. The van der Waals surface area contributed by atoms with E-state index in [-0.39, 0.29) is 4.90 Å². The van der Waals surface area contributed by atoms with Gasteiger partial charge in [-0.2, -0.15) is 0 Å². The van der Waals surface area contributed by atoms with E-state index in [2.05, 4.69) is 18.6 Å². The first kappa shape index (κ1) is 17.1.